The van der Waals surface area contributed by atoms with Gasteiger partial charge >= 0.3 is 0 Å². The maximum atomic E-state index is 4.17. The monoisotopic (exact) mass is 248 g/mol. The van der Waals surface area contributed by atoms with E-state index in [1.54, 1.807) is 4.90 Å². The summed E-state index contributed by atoms with van der Waals surface area (Å²) < 4.78 is 1.42. The molecule has 0 radical (unpaired) electrons. The number of likely N-dealkylation sites (tertiary alicyclic amines) is 1. The molecule has 0 bridgehead atoms. The van der Waals surface area contributed by atoms with Crippen LogP contribution in [0.5, 0.6) is 0 Å². The minimum absolute atomic E-state index is 0.693. The predicted molar refractivity (Wildman–Crippen MR) is 72.1 cm³/mol. The summed E-state index contributed by atoms with van der Waals surface area (Å²) in [5.41, 5.74) is 5.70. The molecule has 3 rings (SSSR count). The number of hydrogen-bond acceptors (Lipinski definition) is 1. The highest BCUT2D eigenvalue weighted by atomic mass is 32.1. The van der Waals surface area contributed by atoms with Gasteiger partial charge in [0.2, 0.25) is 0 Å². The van der Waals surface area contributed by atoms with Gasteiger partial charge in [-0.15, -0.1) is 11.3 Å². The lowest BCUT2D eigenvalue weighted by atomic mass is 10.1. The molecular weight excluding hydrogens is 228 g/mol. The lowest BCUT2D eigenvalue weighted by Crippen LogP contribution is -3.12. The van der Waals surface area contributed by atoms with Gasteiger partial charge in [0.05, 0.1) is 19.1 Å². The summed E-state index contributed by atoms with van der Waals surface area (Å²) in [6.45, 7) is 3.77. The second-order valence-corrected chi connectivity index (χ2v) is 6.04. The zero-order valence-corrected chi connectivity index (χ0v) is 10.9. The fraction of sp³-hybridized carbons (Fsp3) is 0.429. The molecule has 2 nitrogen and oxygen atoms in total. The van der Waals surface area contributed by atoms with Gasteiger partial charge in [0, 0.05) is 33.9 Å². The van der Waals surface area contributed by atoms with Crippen LogP contribution in [0.2, 0.25) is 0 Å². The number of rotatable bonds is 2. The molecule has 0 atom stereocenters. The van der Waals surface area contributed by atoms with Crippen LogP contribution in [-0.2, 0) is 6.54 Å². The van der Waals surface area contributed by atoms with E-state index in [2.05, 4.69) is 35.4 Å². The molecule has 1 saturated heterocycles. The van der Waals surface area contributed by atoms with Gasteiger partial charge in [-0.2, -0.15) is 0 Å². The van der Waals surface area contributed by atoms with Crippen LogP contribution >= 0.6 is 11.3 Å². The molecular formula is C14H20N2S+2. The van der Waals surface area contributed by atoms with Gasteiger partial charge in [0.25, 0.3) is 0 Å². The zero-order valence-electron chi connectivity index (χ0n) is 10.1. The van der Waals surface area contributed by atoms with Crippen molar-refractivity contribution in [3.8, 4) is 0 Å². The third kappa shape index (κ3) is 2.37. The van der Waals surface area contributed by atoms with Crippen molar-refractivity contribution in [2.75, 3.05) is 13.1 Å². The molecule has 1 aliphatic heterocycles. The highest BCUT2D eigenvalue weighted by molar-refractivity contribution is 7.17. The second-order valence-electron chi connectivity index (χ2n) is 5.13. The van der Waals surface area contributed by atoms with Gasteiger partial charge in [0.1, 0.15) is 6.54 Å². The van der Waals surface area contributed by atoms with Crippen LogP contribution < -0.4 is 10.6 Å². The van der Waals surface area contributed by atoms with E-state index in [1.165, 1.54) is 48.1 Å². The Morgan fingerprint density at radius 1 is 1.24 bits per heavy atom. The number of fused-ring (bicyclic) bond motifs is 1. The summed E-state index contributed by atoms with van der Waals surface area (Å²) in [6, 6.07) is 9.45. The molecule has 1 fully saturated rings. The highest BCUT2D eigenvalue weighted by Gasteiger charge is 2.22. The molecule has 0 saturated carbocycles. The average Bonchev–Trinajstić information content (AvgIpc) is 2.76. The molecule has 0 unspecified atom stereocenters. The molecule has 90 valence electrons. The molecule has 0 amide bonds. The van der Waals surface area contributed by atoms with Gasteiger partial charge in [-0.3, -0.25) is 0 Å². The van der Waals surface area contributed by atoms with Gasteiger partial charge in [-0.05, 0) is 6.07 Å². The SMILES string of the molecule is [NH3+]C1CC[NH+](Cc2csc3ccccc23)CC1. The van der Waals surface area contributed by atoms with E-state index in [4.69, 9.17) is 0 Å². The molecule has 17 heavy (non-hydrogen) atoms. The summed E-state index contributed by atoms with van der Waals surface area (Å²) in [6.07, 6.45) is 2.58. The van der Waals surface area contributed by atoms with E-state index in [9.17, 15) is 0 Å². The minimum atomic E-state index is 0.693. The van der Waals surface area contributed by atoms with Crippen molar-refractivity contribution in [2.24, 2.45) is 0 Å². The lowest BCUT2D eigenvalue weighted by Gasteiger charge is -2.25. The smallest absolute Gasteiger partial charge is 0.104 e. The Morgan fingerprint density at radius 3 is 2.82 bits per heavy atom. The van der Waals surface area contributed by atoms with Gasteiger partial charge in [-0.1, -0.05) is 18.2 Å². The lowest BCUT2D eigenvalue weighted by molar-refractivity contribution is -0.921. The molecule has 1 aromatic heterocycles. The first kappa shape index (κ1) is 11.2. The summed E-state index contributed by atoms with van der Waals surface area (Å²) in [5.74, 6) is 0. The van der Waals surface area contributed by atoms with Crippen LogP contribution in [0.4, 0.5) is 0 Å². The van der Waals surface area contributed by atoms with Crippen molar-refractivity contribution >= 4 is 21.4 Å². The zero-order chi connectivity index (χ0) is 11.7. The summed E-state index contributed by atoms with van der Waals surface area (Å²) in [5, 5.41) is 3.80. The minimum Gasteiger partial charge on any atom is -0.355 e. The normalized spacial score (nSPS) is 25.2. The molecule has 1 aliphatic rings. The molecule has 2 heterocycles. The van der Waals surface area contributed by atoms with Crippen LogP contribution in [0.3, 0.4) is 0 Å². The number of hydrogen-bond donors (Lipinski definition) is 2. The largest absolute Gasteiger partial charge is 0.355 e. The van der Waals surface area contributed by atoms with Crippen molar-refractivity contribution in [1.82, 2.24) is 0 Å². The Labute approximate surface area is 106 Å². The Hall–Kier alpha value is -0.900. The van der Waals surface area contributed by atoms with E-state index < -0.39 is 0 Å². The number of thiophene rings is 1. The van der Waals surface area contributed by atoms with Crippen molar-refractivity contribution in [2.45, 2.75) is 25.4 Å². The molecule has 0 aliphatic carbocycles. The van der Waals surface area contributed by atoms with E-state index >= 15 is 0 Å². The second kappa shape index (κ2) is 4.77. The van der Waals surface area contributed by atoms with E-state index in [0.717, 1.165) is 0 Å². The number of quaternary nitrogens is 2. The predicted octanol–water partition coefficient (Wildman–Crippen LogP) is 0.691. The quantitative estimate of drug-likeness (QED) is 0.784. The number of piperidine rings is 1. The molecule has 0 spiro atoms. The van der Waals surface area contributed by atoms with Crippen molar-refractivity contribution in [3.63, 3.8) is 0 Å². The van der Waals surface area contributed by atoms with Gasteiger partial charge < -0.3 is 10.6 Å². The van der Waals surface area contributed by atoms with Crippen LogP contribution in [0, 0.1) is 0 Å². The Kier molecular flexibility index (Phi) is 3.14. The van der Waals surface area contributed by atoms with Crippen LogP contribution in [-0.4, -0.2) is 19.1 Å². The number of benzene rings is 1. The van der Waals surface area contributed by atoms with Crippen molar-refractivity contribution in [1.29, 1.82) is 0 Å². The fourth-order valence-corrected chi connectivity index (χ4v) is 3.66. The fourth-order valence-electron chi connectivity index (χ4n) is 2.70. The molecule has 4 N–H and O–H groups in total. The average molecular weight is 248 g/mol. The summed E-state index contributed by atoms with van der Waals surface area (Å²) >= 11 is 1.88. The Balaban J connectivity index is 1.76. The van der Waals surface area contributed by atoms with Crippen molar-refractivity contribution < 1.29 is 10.6 Å². The van der Waals surface area contributed by atoms with E-state index in [0.29, 0.717) is 6.04 Å². The topological polar surface area (TPSA) is 32.1 Å². The summed E-state index contributed by atoms with van der Waals surface area (Å²) in [4.78, 5) is 1.73. The standard InChI is InChI=1S/C14H18N2S/c15-12-5-7-16(8-6-12)9-11-10-17-14-4-2-1-3-13(11)14/h1-4,10,12H,5-9,15H2/p+2. The first-order chi connectivity index (χ1) is 8.33. The maximum Gasteiger partial charge on any atom is 0.104 e. The van der Waals surface area contributed by atoms with Crippen LogP contribution in [0.15, 0.2) is 29.6 Å². The van der Waals surface area contributed by atoms with Gasteiger partial charge in [0.15, 0.2) is 0 Å². The van der Waals surface area contributed by atoms with Gasteiger partial charge in [-0.25, -0.2) is 0 Å². The highest BCUT2D eigenvalue weighted by Crippen LogP contribution is 2.24. The Morgan fingerprint density at radius 2 is 2.00 bits per heavy atom. The van der Waals surface area contributed by atoms with Crippen LogP contribution in [0.1, 0.15) is 18.4 Å². The van der Waals surface area contributed by atoms with Crippen molar-refractivity contribution in [3.05, 3.63) is 35.2 Å². The number of nitrogens with one attached hydrogen (secondary N) is 1. The van der Waals surface area contributed by atoms with E-state index in [-0.39, 0.29) is 0 Å². The third-order valence-electron chi connectivity index (χ3n) is 3.81. The van der Waals surface area contributed by atoms with Crippen LogP contribution in [0.25, 0.3) is 10.1 Å². The molecule has 3 heteroatoms. The molecule has 2 aromatic rings. The third-order valence-corrected chi connectivity index (χ3v) is 4.83. The van der Waals surface area contributed by atoms with E-state index in [1.807, 2.05) is 11.3 Å². The first-order valence-corrected chi connectivity index (χ1v) is 7.32. The summed E-state index contributed by atoms with van der Waals surface area (Å²) in [7, 11) is 0. The first-order valence-electron chi connectivity index (χ1n) is 6.44. The molecule has 1 aromatic carbocycles. The maximum absolute atomic E-state index is 4.17. The Bertz CT molecular complexity index is 498.